The Kier molecular flexibility index (Phi) is 6.77. The van der Waals surface area contributed by atoms with Gasteiger partial charge in [0.1, 0.15) is 0 Å². The predicted octanol–water partition coefficient (Wildman–Crippen LogP) is 2.26. The monoisotopic (exact) mass is 276 g/mol. The summed E-state index contributed by atoms with van der Waals surface area (Å²) in [6, 6.07) is 8.03. The van der Waals surface area contributed by atoms with Gasteiger partial charge in [-0.1, -0.05) is 43.2 Å². The molecule has 20 heavy (non-hydrogen) atoms. The molecule has 0 aliphatic rings. The van der Waals surface area contributed by atoms with Crippen molar-refractivity contribution in [1.82, 2.24) is 10.2 Å². The van der Waals surface area contributed by atoms with E-state index in [1.165, 1.54) is 12.5 Å². The largest absolute Gasteiger partial charge is 0.350 e. The molecule has 4 nitrogen and oxygen atoms in total. The molecule has 0 unspecified atom stereocenters. The van der Waals surface area contributed by atoms with Gasteiger partial charge in [0.2, 0.25) is 11.8 Å². The first-order valence-electron chi connectivity index (χ1n) is 7.10. The number of unbranched alkanes of at least 4 members (excludes halogenated alkanes) is 1. The lowest BCUT2D eigenvalue weighted by Gasteiger charge is -2.20. The number of carbonyl (C=O) groups excluding carboxylic acids is 2. The molecule has 0 aromatic heterocycles. The van der Waals surface area contributed by atoms with E-state index in [4.69, 9.17) is 0 Å². The zero-order valence-electron chi connectivity index (χ0n) is 12.6. The van der Waals surface area contributed by atoms with E-state index in [1.54, 1.807) is 4.90 Å². The van der Waals surface area contributed by atoms with Gasteiger partial charge in [-0.15, -0.1) is 0 Å². The summed E-state index contributed by atoms with van der Waals surface area (Å²) in [6.07, 6.45) is 1.93. The number of benzene rings is 1. The van der Waals surface area contributed by atoms with Crippen molar-refractivity contribution in [1.29, 1.82) is 0 Å². The van der Waals surface area contributed by atoms with Crippen molar-refractivity contribution in [3.8, 4) is 0 Å². The summed E-state index contributed by atoms with van der Waals surface area (Å²) in [5.41, 5.74) is 2.26. The first-order chi connectivity index (χ1) is 9.52. The maximum Gasteiger partial charge on any atom is 0.239 e. The molecule has 110 valence electrons. The SMILES string of the molecule is CCCCN(CC(=O)NCc1ccc(C)cc1)C(C)=O. The first-order valence-corrected chi connectivity index (χ1v) is 7.10. The van der Waals surface area contributed by atoms with E-state index in [9.17, 15) is 9.59 Å². The Morgan fingerprint density at radius 3 is 2.40 bits per heavy atom. The first kappa shape index (κ1) is 16.2. The highest BCUT2D eigenvalue weighted by Crippen LogP contribution is 2.02. The molecule has 1 aromatic rings. The summed E-state index contributed by atoms with van der Waals surface area (Å²) in [5, 5.41) is 2.85. The van der Waals surface area contributed by atoms with Gasteiger partial charge in [-0.3, -0.25) is 9.59 Å². The van der Waals surface area contributed by atoms with Crippen LogP contribution in [0.5, 0.6) is 0 Å². The molecule has 1 aromatic carbocycles. The Balaban J connectivity index is 2.41. The summed E-state index contributed by atoms with van der Waals surface area (Å²) < 4.78 is 0. The van der Waals surface area contributed by atoms with Gasteiger partial charge in [-0.25, -0.2) is 0 Å². The van der Waals surface area contributed by atoms with Crippen LogP contribution in [0.2, 0.25) is 0 Å². The number of nitrogens with one attached hydrogen (secondary N) is 1. The van der Waals surface area contributed by atoms with Gasteiger partial charge in [0.15, 0.2) is 0 Å². The number of hydrogen-bond donors (Lipinski definition) is 1. The highest BCUT2D eigenvalue weighted by molar-refractivity contribution is 5.83. The molecule has 1 rings (SSSR count). The van der Waals surface area contributed by atoms with E-state index >= 15 is 0 Å². The molecular weight excluding hydrogens is 252 g/mol. The maximum absolute atomic E-state index is 11.9. The van der Waals surface area contributed by atoms with Crippen LogP contribution >= 0.6 is 0 Å². The van der Waals surface area contributed by atoms with Gasteiger partial charge in [-0.05, 0) is 18.9 Å². The topological polar surface area (TPSA) is 49.4 Å². The lowest BCUT2D eigenvalue weighted by molar-refractivity contribution is -0.134. The standard InChI is InChI=1S/C16H24N2O2/c1-4-5-10-18(14(3)19)12-16(20)17-11-15-8-6-13(2)7-9-15/h6-9H,4-5,10-12H2,1-3H3,(H,17,20). The summed E-state index contributed by atoms with van der Waals surface area (Å²) in [6.45, 7) is 6.88. The molecule has 2 amide bonds. The number of nitrogens with zero attached hydrogens (tertiary/aromatic N) is 1. The second-order valence-electron chi connectivity index (χ2n) is 5.06. The second kappa shape index (κ2) is 8.35. The van der Waals surface area contributed by atoms with E-state index in [-0.39, 0.29) is 18.4 Å². The fraction of sp³-hybridized carbons (Fsp3) is 0.500. The molecule has 0 bridgehead atoms. The molecular formula is C16H24N2O2. The van der Waals surface area contributed by atoms with Crippen LogP contribution in [-0.2, 0) is 16.1 Å². The highest BCUT2D eigenvalue weighted by Gasteiger charge is 2.12. The molecule has 0 spiro atoms. The predicted molar refractivity (Wildman–Crippen MR) is 80.2 cm³/mol. The number of rotatable bonds is 7. The molecule has 0 saturated carbocycles. The highest BCUT2D eigenvalue weighted by atomic mass is 16.2. The van der Waals surface area contributed by atoms with Crippen LogP contribution < -0.4 is 5.32 Å². The van der Waals surface area contributed by atoms with Crippen LogP contribution in [0.1, 0.15) is 37.8 Å². The van der Waals surface area contributed by atoms with Crippen LogP contribution in [0.25, 0.3) is 0 Å². The molecule has 0 saturated heterocycles. The second-order valence-corrected chi connectivity index (χ2v) is 5.06. The van der Waals surface area contributed by atoms with E-state index in [1.807, 2.05) is 31.2 Å². The van der Waals surface area contributed by atoms with E-state index in [0.717, 1.165) is 18.4 Å². The van der Waals surface area contributed by atoms with E-state index in [2.05, 4.69) is 12.2 Å². The average molecular weight is 276 g/mol. The van der Waals surface area contributed by atoms with Crippen molar-refractivity contribution in [2.45, 2.75) is 40.2 Å². The molecule has 0 aliphatic heterocycles. The van der Waals surface area contributed by atoms with Crippen molar-refractivity contribution < 1.29 is 9.59 Å². The van der Waals surface area contributed by atoms with Crippen molar-refractivity contribution >= 4 is 11.8 Å². The number of aryl methyl sites for hydroxylation is 1. The van der Waals surface area contributed by atoms with Crippen molar-refractivity contribution in [2.24, 2.45) is 0 Å². The number of hydrogen-bond acceptors (Lipinski definition) is 2. The zero-order chi connectivity index (χ0) is 15.0. The Hall–Kier alpha value is -1.84. The van der Waals surface area contributed by atoms with Crippen LogP contribution in [0, 0.1) is 6.92 Å². The Morgan fingerprint density at radius 2 is 1.85 bits per heavy atom. The minimum absolute atomic E-state index is 0.0519. The minimum atomic E-state index is -0.114. The lowest BCUT2D eigenvalue weighted by Crippen LogP contribution is -2.40. The van der Waals surface area contributed by atoms with Gasteiger partial charge >= 0.3 is 0 Å². The van der Waals surface area contributed by atoms with Gasteiger partial charge in [0, 0.05) is 20.0 Å². The molecule has 4 heteroatoms. The third-order valence-corrected chi connectivity index (χ3v) is 3.17. The fourth-order valence-electron chi connectivity index (χ4n) is 1.83. The average Bonchev–Trinajstić information content (AvgIpc) is 2.42. The molecule has 1 N–H and O–H groups in total. The maximum atomic E-state index is 11.9. The number of amides is 2. The van der Waals surface area contributed by atoms with Crippen LogP contribution in [0.4, 0.5) is 0 Å². The fourth-order valence-corrected chi connectivity index (χ4v) is 1.83. The van der Waals surface area contributed by atoms with Crippen molar-refractivity contribution in [3.63, 3.8) is 0 Å². The van der Waals surface area contributed by atoms with Crippen molar-refractivity contribution in [3.05, 3.63) is 35.4 Å². The molecule has 0 aliphatic carbocycles. The molecule has 0 fully saturated rings. The van der Waals surface area contributed by atoms with Crippen LogP contribution in [0.15, 0.2) is 24.3 Å². The minimum Gasteiger partial charge on any atom is -0.350 e. The summed E-state index contributed by atoms with van der Waals surface area (Å²) in [7, 11) is 0. The van der Waals surface area contributed by atoms with Crippen LogP contribution in [0.3, 0.4) is 0 Å². The Labute approximate surface area is 121 Å². The lowest BCUT2D eigenvalue weighted by atomic mass is 10.1. The Bertz CT molecular complexity index is 440. The van der Waals surface area contributed by atoms with Gasteiger partial charge < -0.3 is 10.2 Å². The normalized spacial score (nSPS) is 10.2. The summed E-state index contributed by atoms with van der Waals surface area (Å²) in [4.78, 5) is 24.9. The summed E-state index contributed by atoms with van der Waals surface area (Å²) >= 11 is 0. The van der Waals surface area contributed by atoms with Gasteiger partial charge in [0.25, 0.3) is 0 Å². The van der Waals surface area contributed by atoms with Crippen molar-refractivity contribution in [2.75, 3.05) is 13.1 Å². The third kappa shape index (κ3) is 5.87. The quantitative estimate of drug-likeness (QED) is 0.830. The zero-order valence-corrected chi connectivity index (χ0v) is 12.6. The smallest absolute Gasteiger partial charge is 0.239 e. The number of carbonyl (C=O) groups is 2. The third-order valence-electron chi connectivity index (χ3n) is 3.17. The van der Waals surface area contributed by atoms with E-state index in [0.29, 0.717) is 13.1 Å². The Morgan fingerprint density at radius 1 is 1.20 bits per heavy atom. The molecule has 0 radical (unpaired) electrons. The molecule has 0 atom stereocenters. The van der Waals surface area contributed by atoms with Gasteiger partial charge in [0.05, 0.1) is 6.54 Å². The van der Waals surface area contributed by atoms with Gasteiger partial charge in [-0.2, -0.15) is 0 Å². The van der Waals surface area contributed by atoms with E-state index < -0.39 is 0 Å². The van der Waals surface area contributed by atoms with Crippen LogP contribution in [-0.4, -0.2) is 29.8 Å². The summed E-state index contributed by atoms with van der Waals surface area (Å²) in [5.74, 6) is -0.166. The molecule has 0 heterocycles.